The molecule has 0 aromatic carbocycles. The summed E-state index contributed by atoms with van der Waals surface area (Å²) in [6, 6.07) is 0. The van der Waals surface area contributed by atoms with Crippen molar-refractivity contribution in [3.63, 3.8) is 0 Å². The van der Waals surface area contributed by atoms with E-state index in [1.165, 1.54) is 0 Å². The van der Waals surface area contributed by atoms with Crippen LogP contribution in [0.2, 0.25) is 0 Å². The SMILES string of the molecule is CC#CC#CC#CC#CC#CC#CC#CC#CC1=NCCN1CCO. The van der Waals surface area contributed by atoms with Gasteiger partial charge in [0.15, 0.2) is 5.84 Å². The summed E-state index contributed by atoms with van der Waals surface area (Å²) < 4.78 is 0. The molecule has 0 spiro atoms. The van der Waals surface area contributed by atoms with Gasteiger partial charge < -0.3 is 10.0 Å². The second-order valence-corrected chi connectivity index (χ2v) is 4.04. The van der Waals surface area contributed by atoms with Crippen molar-refractivity contribution < 1.29 is 5.11 Å². The Hall–Kier alpha value is -4.09. The number of amidine groups is 1. The Kier molecular flexibility index (Phi) is 10.3. The molecule has 0 atom stereocenters. The molecule has 0 saturated heterocycles. The van der Waals surface area contributed by atoms with E-state index in [1.807, 2.05) is 4.90 Å². The van der Waals surface area contributed by atoms with Gasteiger partial charge in [0.05, 0.1) is 13.2 Å². The van der Waals surface area contributed by atoms with Crippen LogP contribution in [0, 0.1) is 94.7 Å². The Morgan fingerprint density at radius 2 is 1.28 bits per heavy atom. The highest BCUT2D eigenvalue weighted by Crippen LogP contribution is 1.99. The van der Waals surface area contributed by atoms with Gasteiger partial charge in [-0.05, 0) is 95.7 Å². The first-order chi connectivity index (χ1) is 12.4. The fraction of sp³-hybridized carbons (Fsp3) is 0.227. The zero-order valence-electron chi connectivity index (χ0n) is 13.7. The van der Waals surface area contributed by atoms with Crippen LogP contribution in [0.25, 0.3) is 0 Å². The number of β-amino-alcohol motifs (C(OH)–C–C–N with tert-alkyl or cyclic N) is 1. The van der Waals surface area contributed by atoms with E-state index in [1.54, 1.807) is 6.92 Å². The van der Waals surface area contributed by atoms with E-state index in [0.717, 1.165) is 6.54 Å². The van der Waals surface area contributed by atoms with Gasteiger partial charge in [-0.2, -0.15) is 0 Å². The topological polar surface area (TPSA) is 35.8 Å². The van der Waals surface area contributed by atoms with Gasteiger partial charge in [-0.3, -0.25) is 4.99 Å². The molecule has 25 heavy (non-hydrogen) atoms. The van der Waals surface area contributed by atoms with Crippen molar-refractivity contribution in [2.45, 2.75) is 6.92 Å². The third-order valence-corrected chi connectivity index (χ3v) is 2.41. The Morgan fingerprint density at radius 1 is 0.800 bits per heavy atom. The van der Waals surface area contributed by atoms with Crippen LogP contribution in [0.15, 0.2) is 4.99 Å². The van der Waals surface area contributed by atoms with Crippen molar-refractivity contribution in [1.29, 1.82) is 0 Å². The van der Waals surface area contributed by atoms with Crippen LogP contribution in [0.1, 0.15) is 6.92 Å². The first-order valence-electron chi connectivity index (χ1n) is 7.21. The summed E-state index contributed by atoms with van der Waals surface area (Å²) >= 11 is 0. The number of rotatable bonds is 2. The Balaban J connectivity index is 2.46. The molecular formula is C22H12N2O. The van der Waals surface area contributed by atoms with Crippen molar-refractivity contribution in [1.82, 2.24) is 4.90 Å². The van der Waals surface area contributed by atoms with Crippen molar-refractivity contribution >= 4 is 5.84 Å². The monoisotopic (exact) mass is 320 g/mol. The standard InChI is InChI=1S/C22H12N2O/c1-2-3-4-5-6-7-8-9-10-11-12-13-14-15-16-17-22-23-18-19-24(22)20-21-25/h25H,18-21H2,1H3. The molecule has 1 rings (SSSR count). The number of nitrogens with zero attached hydrogens (tertiary/aromatic N) is 2. The molecule has 3 nitrogen and oxygen atoms in total. The summed E-state index contributed by atoms with van der Waals surface area (Å²) in [6.45, 7) is 3.77. The molecule has 0 saturated carbocycles. The smallest absolute Gasteiger partial charge is 0.177 e. The van der Waals surface area contributed by atoms with E-state index < -0.39 is 0 Å². The molecule has 1 heterocycles. The number of hydrogen-bond acceptors (Lipinski definition) is 3. The molecule has 0 unspecified atom stereocenters. The average molecular weight is 320 g/mol. The normalized spacial score (nSPS) is 9.20. The lowest BCUT2D eigenvalue weighted by Gasteiger charge is -2.14. The molecule has 1 aliphatic heterocycles. The van der Waals surface area contributed by atoms with Gasteiger partial charge in [0.2, 0.25) is 0 Å². The van der Waals surface area contributed by atoms with Crippen LogP contribution in [0.4, 0.5) is 0 Å². The van der Waals surface area contributed by atoms with E-state index in [2.05, 4.69) is 99.7 Å². The first kappa shape index (κ1) is 19.0. The van der Waals surface area contributed by atoms with Crippen molar-refractivity contribution in [3.8, 4) is 94.7 Å². The molecule has 0 amide bonds. The highest BCUT2D eigenvalue weighted by Gasteiger charge is 2.13. The minimum atomic E-state index is 0.0753. The van der Waals surface area contributed by atoms with E-state index in [9.17, 15) is 0 Å². The minimum absolute atomic E-state index is 0.0753. The van der Waals surface area contributed by atoms with Gasteiger partial charge in [-0.15, -0.1) is 0 Å². The molecule has 0 aromatic heterocycles. The maximum Gasteiger partial charge on any atom is 0.177 e. The van der Waals surface area contributed by atoms with Gasteiger partial charge in [0.1, 0.15) is 0 Å². The van der Waals surface area contributed by atoms with E-state index >= 15 is 0 Å². The number of hydrogen-bond donors (Lipinski definition) is 1. The maximum atomic E-state index is 8.92. The summed E-state index contributed by atoms with van der Waals surface area (Å²) in [6.07, 6.45) is 0. The summed E-state index contributed by atoms with van der Waals surface area (Å²) in [7, 11) is 0. The highest BCUT2D eigenvalue weighted by molar-refractivity contribution is 6.00. The lowest BCUT2D eigenvalue weighted by atomic mass is 10.4. The second kappa shape index (κ2) is 13.6. The highest BCUT2D eigenvalue weighted by atomic mass is 16.3. The fourth-order valence-electron chi connectivity index (χ4n) is 1.46. The van der Waals surface area contributed by atoms with Crippen LogP contribution in [-0.4, -0.2) is 42.1 Å². The number of aliphatic hydroxyl groups is 1. The summed E-state index contributed by atoms with van der Waals surface area (Å²) in [5, 5.41) is 8.92. The fourth-order valence-corrected chi connectivity index (χ4v) is 1.46. The van der Waals surface area contributed by atoms with Crippen LogP contribution in [-0.2, 0) is 0 Å². The lowest BCUT2D eigenvalue weighted by molar-refractivity contribution is 0.257. The minimum Gasteiger partial charge on any atom is -0.395 e. The summed E-state index contributed by atoms with van der Waals surface area (Å²) in [5.74, 6) is 41.8. The molecule has 116 valence electrons. The van der Waals surface area contributed by atoms with Crippen LogP contribution in [0.3, 0.4) is 0 Å². The van der Waals surface area contributed by atoms with Crippen molar-refractivity contribution in [2.75, 3.05) is 26.2 Å². The zero-order valence-corrected chi connectivity index (χ0v) is 13.7. The van der Waals surface area contributed by atoms with E-state index in [4.69, 9.17) is 5.11 Å². The van der Waals surface area contributed by atoms with E-state index in [0.29, 0.717) is 18.9 Å². The van der Waals surface area contributed by atoms with Crippen molar-refractivity contribution in [3.05, 3.63) is 0 Å². The van der Waals surface area contributed by atoms with Gasteiger partial charge in [0, 0.05) is 13.1 Å². The van der Waals surface area contributed by atoms with Crippen LogP contribution in [0.5, 0.6) is 0 Å². The largest absolute Gasteiger partial charge is 0.395 e. The third kappa shape index (κ3) is 9.51. The molecule has 1 aliphatic rings. The molecular weight excluding hydrogens is 308 g/mol. The summed E-state index contributed by atoms with van der Waals surface area (Å²) in [4.78, 5) is 6.14. The van der Waals surface area contributed by atoms with E-state index in [-0.39, 0.29) is 6.61 Å². The van der Waals surface area contributed by atoms with Gasteiger partial charge >= 0.3 is 0 Å². The maximum absolute atomic E-state index is 8.92. The molecule has 1 N–H and O–H groups in total. The number of aliphatic imine (C=N–C) groups is 1. The van der Waals surface area contributed by atoms with Gasteiger partial charge in [-0.25, -0.2) is 0 Å². The van der Waals surface area contributed by atoms with Crippen LogP contribution < -0.4 is 0 Å². The number of aliphatic hydroxyl groups excluding tert-OH is 1. The lowest BCUT2D eigenvalue weighted by Crippen LogP contribution is -2.29. The molecule has 0 bridgehead atoms. The predicted molar refractivity (Wildman–Crippen MR) is 98.8 cm³/mol. The molecule has 0 fully saturated rings. The van der Waals surface area contributed by atoms with Crippen LogP contribution >= 0.6 is 0 Å². The molecule has 3 heteroatoms. The van der Waals surface area contributed by atoms with Crippen molar-refractivity contribution in [2.24, 2.45) is 4.99 Å². The molecule has 0 aromatic rings. The van der Waals surface area contributed by atoms with Gasteiger partial charge in [0.25, 0.3) is 0 Å². The first-order valence-corrected chi connectivity index (χ1v) is 7.21. The second-order valence-electron chi connectivity index (χ2n) is 4.04. The Labute approximate surface area is 149 Å². The molecule has 0 aliphatic carbocycles. The average Bonchev–Trinajstić information content (AvgIpc) is 3.06. The quantitative estimate of drug-likeness (QED) is 0.712. The zero-order chi connectivity index (χ0) is 18.0. The van der Waals surface area contributed by atoms with Gasteiger partial charge in [-0.1, -0.05) is 5.92 Å². The third-order valence-electron chi connectivity index (χ3n) is 2.41. The predicted octanol–water partition coefficient (Wildman–Crippen LogP) is -0.260. The Bertz CT molecular complexity index is 1020. The Morgan fingerprint density at radius 3 is 1.76 bits per heavy atom. The summed E-state index contributed by atoms with van der Waals surface area (Å²) in [5.41, 5.74) is 0. The molecule has 0 radical (unpaired) electrons.